The Balaban J connectivity index is 2.33. The quantitative estimate of drug-likeness (QED) is 0.876. The summed E-state index contributed by atoms with van der Waals surface area (Å²) in [7, 11) is 1.85. The van der Waals surface area contributed by atoms with Crippen molar-refractivity contribution >= 4 is 5.69 Å². The van der Waals surface area contributed by atoms with Gasteiger partial charge in [0.25, 0.3) is 0 Å². The number of hydrogen-bond acceptors (Lipinski definition) is 2. The van der Waals surface area contributed by atoms with Gasteiger partial charge in [0.05, 0.1) is 0 Å². The van der Waals surface area contributed by atoms with E-state index in [-0.39, 0.29) is 6.04 Å². The fourth-order valence-electron chi connectivity index (χ4n) is 2.51. The molecule has 5 heteroatoms. The minimum atomic E-state index is -4.16. The van der Waals surface area contributed by atoms with E-state index < -0.39 is 12.7 Å². The first-order chi connectivity index (χ1) is 8.51. The predicted molar refractivity (Wildman–Crippen MR) is 65.7 cm³/mol. The molecule has 0 spiro atoms. The first kappa shape index (κ1) is 13.2. The molecule has 0 saturated heterocycles. The summed E-state index contributed by atoms with van der Waals surface area (Å²) in [6, 6.07) is 7.49. The largest absolute Gasteiger partial charge is 0.405 e. The van der Waals surface area contributed by atoms with Gasteiger partial charge in [0.15, 0.2) is 0 Å². The van der Waals surface area contributed by atoms with Crippen LogP contribution in [0.4, 0.5) is 18.9 Å². The van der Waals surface area contributed by atoms with Crippen LogP contribution in [0.15, 0.2) is 24.3 Å². The lowest BCUT2D eigenvalue weighted by atomic mass is 10.0. The number of alkyl halides is 3. The Kier molecular flexibility index (Phi) is 3.80. The Hall–Kier alpha value is -1.23. The molecule has 2 rings (SSSR count). The Bertz CT molecular complexity index is 403. The average Bonchev–Trinajstić information content (AvgIpc) is 2.47. The second-order valence-corrected chi connectivity index (χ2v) is 4.58. The Morgan fingerprint density at radius 2 is 2.06 bits per heavy atom. The molecule has 2 nitrogen and oxygen atoms in total. The van der Waals surface area contributed by atoms with Crippen LogP contribution in [0, 0.1) is 0 Å². The number of hydrogen-bond donors (Lipinski definition) is 1. The van der Waals surface area contributed by atoms with Gasteiger partial charge in [-0.25, -0.2) is 0 Å². The fourth-order valence-corrected chi connectivity index (χ4v) is 2.51. The molecule has 1 aromatic carbocycles. The molecule has 18 heavy (non-hydrogen) atoms. The normalized spacial score (nSPS) is 20.4. The predicted octanol–water partition coefficient (Wildman–Crippen LogP) is 3.11. The maximum atomic E-state index is 12.6. The van der Waals surface area contributed by atoms with Crippen molar-refractivity contribution in [3.05, 3.63) is 29.8 Å². The van der Waals surface area contributed by atoms with Crippen molar-refractivity contribution in [1.82, 2.24) is 5.32 Å². The molecule has 1 atom stereocenters. The van der Waals surface area contributed by atoms with Crippen molar-refractivity contribution in [2.45, 2.75) is 25.1 Å². The molecule has 1 aromatic rings. The van der Waals surface area contributed by atoms with Crippen LogP contribution in [-0.4, -0.2) is 26.3 Å². The molecule has 0 radical (unpaired) electrons. The fraction of sp³-hybridized carbons (Fsp3) is 0.538. The highest BCUT2D eigenvalue weighted by Crippen LogP contribution is 2.34. The lowest BCUT2D eigenvalue weighted by Crippen LogP contribution is -2.34. The van der Waals surface area contributed by atoms with Gasteiger partial charge in [0.2, 0.25) is 0 Å². The van der Waals surface area contributed by atoms with Gasteiger partial charge in [-0.1, -0.05) is 18.2 Å². The van der Waals surface area contributed by atoms with Crippen LogP contribution in [0.2, 0.25) is 0 Å². The summed E-state index contributed by atoms with van der Waals surface area (Å²) in [6.45, 7) is -0.421. The van der Waals surface area contributed by atoms with E-state index in [9.17, 15) is 13.2 Å². The molecule has 1 unspecified atom stereocenters. The van der Waals surface area contributed by atoms with Crippen LogP contribution in [0.3, 0.4) is 0 Å². The molecule has 0 amide bonds. The van der Waals surface area contributed by atoms with Gasteiger partial charge in [-0.15, -0.1) is 0 Å². The number of fused-ring (bicyclic) bond motifs is 1. The zero-order valence-corrected chi connectivity index (χ0v) is 10.3. The molecule has 0 saturated carbocycles. The SMILES string of the molecule is CNC1CCCN(CC(F)(F)F)c2ccccc21. The van der Waals surface area contributed by atoms with E-state index in [0.717, 1.165) is 18.4 Å². The van der Waals surface area contributed by atoms with Crippen LogP contribution < -0.4 is 10.2 Å². The number of nitrogens with one attached hydrogen (secondary N) is 1. The summed E-state index contributed by atoms with van der Waals surface area (Å²) < 4.78 is 37.8. The molecular formula is C13H17F3N2. The molecule has 1 aliphatic heterocycles. The standard InChI is InChI=1S/C13H17F3N2/c1-17-11-6-4-8-18(9-13(14,15)16)12-7-3-2-5-10(11)12/h2-3,5,7,11,17H,4,6,8-9H2,1H3. The summed E-state index contributed by atoms with van der Waals surface area (Å²) in [5.41, 5.74) is 1.66. The summed E-state index contributed by atoms with van der Waals surface area (Å²) in [4.78, 5) is 1.44. The van der Waals surface area contributed by atoms with E-state index in [2.05, 4.69) is 5.32 Å². The molecule has 1 heterocycles. The van der Waals surface area contributed by atoms with E-state index in [1.54, 1.807) is 12.1 Å². The van der Waals surface area contributed by atoms with E-state index in [1.165, 1.54) is 4.90 Å². The second kappa shape index (κ2) is 5.18. The van der Waals surface area contributed by atoms with Gasteiger partial charge in [-0.05, 0) is 31.5 Å². The average molecular weight is 258 g/mol. The highest BCUT2D eigenvalue weighted by molar-refractivity contribution is 5.56. The van der Waals surface area contributed by atoms with Crippen molar-refractivity contribution < 1.29 is 13.2 Å². The second-order valence-electron chi connectivity index (χ2n) is 4.58. The van der Waals surface area contributed by atoms with Crippen LogP contribution in [0.25, 0.3) is 0 Å². The molecule has 0 aliphatic carbocycles. The topological polar surface area (TPSA) is 15.3 Å². The first-order valence-corrected chi connectivity index (χ1v) is 6.09. The number of nitrogens with zero attached hydrogens (tertiary/aromatic N) is 1. The van der Waals surface area contributed by atoms with Crippen molar-refractivity contribution in [3.8, 4) is 0 Å². The number of rotatable bonds is 2. The van der Waals surface area contributed by atoms with Crippen molar-refractivity contribution in [2.24, 2.45) is 0 Å². The summed E-state index contributed by atoms with van der Waals surface area (Å²) in [5, 5.41) is 3.18. The first-order valence-electron chi connectivity index (χ1n) is 6.09. The molecule has 1 N–H and O–H groups in total. The van der Waals surface area contributed by atoms with Gasteiger partial charge >= 0.3 is 6.18 Å². The Morgan fingerprint density at radius 1 is 1.33 bits per heavy atom. The highest BCUT2D eigenvalue weighted by atomic mass is 19.4. The molecule has 0 bridgehead atoms. The minimum Gasteiger partial charge on any atom is -0.362 e. The van der Waals surface area contributed by atoms with Gasteiger partial charge in [0.1, 0.15) is 6.54 Å². The smallest absolute Gasteiger partial charge is 0.362 e. The van der Waals surface area contributed by atoms with Crippen molar-refractivity contribution in [1.29, 1.82) is 0 Å². The van der Waals surface area contributed by atoms with E-state index in [0.29, 0.717) is 12.2 Å². The van der Waals surface area contributed by atoms with Crippen LogP contribution in [0.1, 0.15) is 24.4 Å². The van der Waals surface area contributed by atoms with Gasteiger partial charge in [0, 0.05) is 18.3 Å². The van der Waals surface area contributed by atoms with Crippen molar-refractivity contribution in [2.75, 3.05) is 25.0 Å². The third-order valence-corrected chi connectivity index (χ3v) is 3.29. The van der Waals surface area contributed by atoms with E-state index >= 15 is 0 Å². The zero-order valence-electron chi connectivity index (χ0n) is 10.3. The number of anilines is 1. The lowest BCUT2D eigenvalue weighted by molar-refractivity contribution is -0.119. The van der Waals surface area contributed by atoms with Crippen LogP contribution in [0.5, 0.6) is 0 Å². The summed E-state index contributed by atoms with van der Waals surface area (Å²) in [5.74, 6) is 0. The third kappa shape index (κ3) is 2.96. The van der Waals surface area contributed by atoms with Crippen LogP contribution in [-0.2, 0) is 0 Å². The summed E-state index contributed by atoms with van der Waals surface area (Å²) >= 11 is 0. The lowest BCUT2D eigenvalue weighted by Gasteiger charge is -2.26. The van der Waals surface area contributed by atoms with Gasteiger partial charge in [-0.2, -0.15) is 13.2 Å². The number of benzene rings is 1. The molecule has 0 aromatic heterocycles. The minimum absolute atomic E-state index is 0.138. The maximum absolute atomic E-state index is 12.6. The Morgan fingerprint density at radius 3 is 2.72 bits per heavy atom. The number of halogens is 3. The van der Waals surface area contributed by atoms with Crippen LogP contribution >= 0.6 is 0 Å². The monoisotopic (exact) mass is 258 g/mol. The molecule has 0 fully saturated rings. The zero-order chi connectivity index (χ0) is 13.2. The Labute approximate surface area is 105 Å². The van der Waals surface area contributed by atoms with Gasteiger partial charge in [-0.3, -0.25) is 0 Å². The molecule has 100 valence electrons. The third-order valence-electron chi connectivity index (χ3n) is 3.29. The van der Waals surface area contributed by atoms with E-state index in [1.807, 2.05) is 19.2 Å². The summed E-state index contributed by atoms with van der Waals surface area (Å²) in [6.07, 6.45) is -2.54. The number of para-hydroxylation sites is 1. The molecule has 1 aliphatic rings. The van der Waals surface area contributed by atoms with Crippen molar-refractivity contribution in [3.63, 3.8) is 0 Å². The maximum Gasteiger partial charge on any atom is 0.405 e. The highest BCUT2D eigenvalue weighted by Gasteiger charge is 2.33. The molecular weight excluding hydrogens is 241 g/mol. The van der Waals surface area contributed by atoms with E-state index in [4.69, 9.17) is 0 Å². The van der Waals surface area contributed by atoms with Gasteiger partial charge < -0.3 is 10.2 Å².